The Labute approximate surface area is 84.8 Å². The fourth-order valence-corrected chi connectivity index (χ4v) is 2.13. The van der Waals surface area contributed by atoms with Gasteiger partial charge in [0.25, 0.3) is 0 Å². The Morgan fingerprint density at radius 2 is 1.86 bits per heavy atom. The van der Waals surface area contributed by atoms with Gasteiger partial charge in [-0.2, -0.15) is 0 Å². The number of piperidine rings is 1. The first-order chi connectivity index (χ1) is 6.75. The minimum absolute atomic E-state index is 0.173. The third kappa shape index (κ3) is 2.25. The lowest BCUT2D eigenvalue weighted by Gasteiger charge is -2.34. The number of hydrogen-bond acceptors (Lipinski definition) is 3. The standard InChI is InChI=1S/C10H19N3O/c11-9-6-8(7-9)10(14)12-13-4-2-1-3-5-13/h8-9H,1-7,11H2,(H,12,14). The minimum Gasteiger partial charge on any atom is -0.328 e. The molecule has 4 heteroatoms. The predicted molar refractivity (Wildman–Crippen MR) is 54.3 cm³/mol. The van der Waals surface area contributed by atoms with Gasteiger partial charge in [0.05, 0.1) is 0 Å². The highest BCUT2D eigenvalue weighted by atomic mass is 16.2. The van der Waals surface area contributed by atoms with Gasteiger partial charge >= 0.3 is 0 Å². The molecule has 14 heavy (non-hydrogen) atoms. The lowest BCUT2D eigenvalue weighted by atomic mass is 9.80. The molecule has 4 nitrogen and oxygen atoms in total. The van der Waals surface area contributed by atoms with Crippen molar-refractivity contribution in [3.63, 3.8) is 0 Å². The van der Waals surface area contributed by atoms with Crippen molar-refractivity contribution in [1.82, 2.24) is 10.4 Å². The fraction of sp³-hybridized carbons (Fsp3) is 0.900. The molecule has 1 aliphatic heterocycles. The van der Waals surface area contributed by atoms with E-state index in [-0.39, 0.29) is 17.9 Å². The molecule has 1 heterocycles. The van der Waals surface area contributed by atoms with Crippen LogP contribution in [0.5, 0.6) is 0 Å². The normalized spacial score (nSPS) is 33.5. The van der Waals surface area contributed by atoms with Crippen molar-refractivity contribution < 1.29 is 4.79 Å². The Morgan fingerprint density at radius 3 is 2.43 bits per heavy atom. The van der Waals surface area contributed by atoms with Crippen molar-refractivity contribution >= 4 is 5.91 Å². The summed E-state index contributed by atoms with van der Waals surface area (Å²) in [7, 11) is 0. The van der Waals surface area contributed by atoms with Crippen LogP contribution in [0, 0.1) is 5.92 Å². The van der Waals surface area contributed by atoms with Gasteiger partial charge in [0.1, 0.15) is 0 Å². The average molecular weight is 197 g/mol. The molecule has 0 aromatic rings. The van der Waals surface area contributed by atoms with Crippen LogP contribution >= 0.6 is 0 Å². The van der Waals surface area contributed by atoms with Crippen LogP contribution in [-0.4, -0.2) is 30.0 Å². The molecule has 1 amide bonds. The Bertz CT molecular complexity index is 207. The van der Waals surface area contributed by atoms with E-state index in [1.165, 1.54) is 19.3 Å². The maximum atomic E-state index is 11.6. The molecule has 0 atom stereocenters. The molecule has 0 unspecified atom stereocenters. The third-order valence-corrected chi connectivity index (χ3v) is 3.17. The molecule has 1 saturated carbocycles. The van der Waals surface area contributed by atoms with Gasteiger partial charge in [-0.25, -0.2) is 5.01 Å². The summed E-state index contributed by atoms with van der Waals surface area (Å²) in [5, 5.41) is 2.05. The Hall–Kier alpha value is -0.610. The summed E-state index contributed by atoms with van der Waals surface area (Å²) < 4.78 is 0. The van der Waals surface area contributed by atoms with Gasteiger partial charge in [-0.15, -0.1) is 0 Å². The van der Waals surface area contributed by atoms with Crippen LogP contribution in [0.15, 0.2) is 0 Å². The number of hydrogen-bond donors (Lipinski definition) is 2. The molecule has 2 aliphatic rings. The smallest absolute Gasteiger partial charge is 0.237 e. The Morgan fingerprint density at radius 1 is 1.21 bits per heavy atom. The van der Waals surface area contributed by atoms with Crippen LogP contribution in [0.3, 0.4) is 0 Å². The van der Waals surface area contributed by atoms with Gasteiger partial charge in [0, 0.05) is 25.0 Å². The maximum absolute atomic E-state index is 11.6. The van der Waals surface area contributed by atoms with Crippen molar-refractivity contribution in [1.29, 1.82) is 0 Å². The van der Waals surface area contributed by atoms with Crippen LogP contribution in [0.25, 0.3) is 0 Å². The summed E-state index contributed by atoms with van der Waals surface area (Å²) in [6.45, 7) is 2.01. The second-order valence-corrected chi connectivity index (χ2v) is 4.45. The molecule has 0 spiro atoms. The van der Waals surface area contributed by atoms with Gasteiger partial charge in [-0.1, -0.05) is 6.42 Å². The number of nitrogens with zero attached hydrogens (tertiary/aromatic N) is 1. The van der Waals surface area contributed by atoms with Crippen LogP contribution in [0.2, 0.25) is 0 Å². The maximum Gasteiger partial charge on any atom is 0.237 e. The molecule has 3 N–H and O–H groups in total. The van der Waals surface area contributed by atoms with E-state index in [9.17, 15) is 4.79 Å². The van der Waals surface area contributed by atoms with E-state index in [1.807, 2.05) is 0 Å². The molecule has 80 valence electrons. The highest BCUT2D eigenvalue weighted by Gasteiger charge is 2.32. The van der Waals surface area contributed by atoms with Gasteiger partial charge in [-0.3, -0.25) is 10.2 Å². The summed E-state index contributed by atoms with van der Waals surface area (Å²) in [4.78, 5) is 11.6. The van der Waals surface area contributed by atoms with E-state index >= 15 is 0 Å². The Kier molecular flexibility index (Phi) is 3.03. The van der Waals surface area contributed by atoms with Crippen molar-refractivity contribution in [2.45, 2.75) is 38.1 Å². The number of hydrazine groups is 1. The first kappa shape index (κ1) is 9.93. The first-order valence-corrected chi connectivity index (χ1v) is 5.57. The molecule has 2 rings (SSSR count). The minimum atomic E-state index is 0.173. The number of nitrogens with two attached hydrogens (primary N) is 1. The lowest BCUT2D eigenvalue weighted by molar-refractivity contribution is -0.133. The van der Waals surface area contributed by atoms with Crippen LogP contribution in [0.4, 0.5) is 0 Å². The second kappa shape index (κ2) is 4.28. The summed E-state index contributed by atoms with van der Waals surface area (Å²) in [6.07, 6.45) is 5.41. The molecule has 0 radical (unpaired) electrons. The first-order valence-electron chi connectivity index (χ1n) is 5.57. The number of carbonyl (C=O) groups excluding carboxylic acids is 1. The van der Waals surface area contributed by atoms with E-state index in [2.05, 4.69) is 10.4 Å². The van der Waals surface area contributed by atoms with Crippen molar-refractivity contribution in [3.8, 4) is 0 Å². The second-order valence-electron chi connectivity index (χ2n) is 4.45. The zero-order valence-electron chi connectivity index (χ0n) is 8.54. The summed E-state index contributed by atoms with van der Waals surface area (Å²) in [5.41, 5.74) is 8.63. The lowest BCUT2D eigenvalue weighted by Crippen LogP contribution is -2.51. The van der Waals surface area contributed by atoms with Gasteiger partial charge in [-0.05, 0) is 25.7 Å². The predicted octanol–water partition coefficient (Wildman–Crippen LogP) is 0.241. The van der Waals surface area contributed by atoms with E-state index in [0.717, 1.165) is 25.9 Å². The average Bonchev–Trinajstić information content (AvgIpc) is 2.14. The van der Waals surface area contributed by atoms with Crippen molar-refractivity contribution in [2.24, 2.45) is 11.7 Å². The van der Waals surface area contributed by atoms with Crippen LogP contribution in [0.1, 0.15) is 32.1 Å². The SMILES string of the molecule is NC1CC(C(=O)NN2CCCCC2)C1. The summed E-state index contributed by atoms with van der Waals surface area (Å²) in [6, 6.07) is 0.257. The highest BCUT2D eigenvalue weighted by molar-refractivity contribution is 5.79. The molecular formula is C10H19N3O. The molecule has 1 aliphatic carbocycles. The topological polar surface area (TPSA) is 58.4 Å². The molecule has 0 bridgehead atoms. The molecule has 0 aromatic carbocycles. The number of nitrogens with one attached hydrogen (secondary N) is 1. The highest BCUT2D eigenvalue weighted by Crippen LogP contribution is 2.25. The summed E-state index contributed by atoms with van der Waals surface area (Å²) in [5.74, 6) is 0.348. The van der Waals surface area contributed by atoms with E-state index in [0.29, 0.717) is 0 Å². The van der Waals surface area contributed by atoms with Crippen LogP contribution < -0.4 is 11.2 Å². The van der Waals surface area contributed by atoms with Gasteiger partial charge in [0.15, 0.2) is 0 Å². The van der Waals surface area contributed by atoms with Gasteiger partial charge < -0.3 is 5.73 Å². The van der Waals surface area contributed by atoms with Crippen molar-refractivity contribution in [3.05, 3.63) is 0 Å². The fourth-order valence-electron chi connectivity index (χ4n) is 2.13. The molecule has 0 aromatic heterocycles. The van der Waals surface area contributed by atoms with E-state index in [1.54, 1.807) is 0 Å². The molecule has 1 saturated heterocycles. The molecular weight excluding hydrogens is 178 g/mol. The number of carbonyl (C=O) groups is 1. The van der Waals surface area contributed by atoms with Gasteiger partial charge in [0.2, 0.25) is 5.91 Å². The molecule has 2 fully saturated rings. The quantitative estimate of drug-likeness (QED) is 0.666. The van der Waals surface area contributed by atoms with E-state index in [4.69, 9.17) is 5.73 Å². The zero-order chi connectivity index (χ0) is 9.97. The summed E-state index contributed by atoms with van der Waals surface area (Å²) >= 11 is 0. The number of amides is 1. The monoisotopic (exact) mass is 197 g/mol. The van der Waals surface area contributed by atoms with E-state index < -0.39 is 0 Å². The third-order valence-electron chi connectivity index (χ3n) is 3.17. The zero-order valence-corrected chi connectivity index (χ0v) is 8.54. The Balaban J connectivity index is 1.71. The van der Waals surface area contributed by atoms with Crippen molar-refractivity contribution in [2.75, 3.05) is 13.1 Å². The number of rotatable bonds is 2. The largest absolute Gasteiger partial charge is 0.328 e. The van der Waals surface area contributed by atoms with Crippen LogP contribution in [-0.2, 0) is 4.79 Å².